The Labute approximate surface area is 316 Å². The summed E-state index contributed by atoms with van der Waals surface area (Å²) >= 11 is 6.90. The van der Waals surface area contributed by atoms with Crippen molar-refractivity contribution < 1.29 is 28.6 Å². The van der Waals surface area contributed by atoms with Crippen LogP contribution in [0.15, 0.2) is 30.7 Å². The Balaban J connectivity index is 1.38. The van der Waals surface area contributed by atoms with Crippen LogP contribution in [0.2, 0.25) is 30.7 Å². The van der Waals surface area contributed by atoms with Gasteiger partial charge in [-0.15, -0.1) is 5.10 Å². The van der Waals surface area contributed by atoms with Crippen LogP contribution in [-0.4, -0.2) is 94.0 Å². The highest BCUT2D eigenvalue weighted by molar-refractivity contribution is 6.76. The second-order valence-electron chi connectivity index (χ2n) is 16.5. The molecule has 0 spiro atoms. The lowest BCUT2D eigenvalue weighted by Gasteiger charge is -2.24. The molecule has 1 atom stereocenters. The number of nitrogens with one attached hydrogen (secondary N) is 3. The Morgan fingerprint density at radius 1 is 1.04 bits per heavy atom. The largest absolute Gasteiger partial charge is 0.444 e. The molecule has 1 aromatic carbocycles. The molecule has 4 aromatic rings. The standard InChI is InChI=1S/C36H52ClN9O6Si/c1-35(2,3)51-33(48)40-24-12-16-44(20-24)29-23(19-26(37)25-21-45(42-28(25)29)22-50-17-18-53(7,8)9)11-14-39-32(47)27-30(41-34(49)52-36(4,5)6)43-46-15-10-13-38-31(27)46/h10,13,15,19,21,24H,11-12,14,16-18,20,22H2,1-9H3,(H,39,47)(H,40,48)(H,41,43,49)/t24-/m1/s1. The molecule has 1 aliphatic heterocycles. The molecule has 17 heteroatoms. The molecule has 5 rings (SSSR count). The van der Waals surface area contributed by atoms with E-state index in [1.807, 2.05) is 33.0 Å². The van der Waals surface area contributed by atoms with E-state index < -0.39 is 37.4 Å². The zero-order chi connectivity index (χ0) is 38.7. The van der Waals surface area contributed by atoms with Gasteiger partial charge in [0.2, 0.25) is 0 Å². The predicted octanol–water partition coefficient (Wildman–Crippen LogP) is 6.47. The molecule has 1 aliphatic rings. The van der Waals surface area contributed by atoms with E-state index in [1.165, 1.54) is 4.52 Å². The molecule has 0 saturated carbocycles. The van der Waals surface area contributed by atoms with Gasteiger partial charge in [0, 0.05) is 58.3 Å². The van der Waals surface area contributed by atoms with Crippen molar-refractivity contribution in [2.75, 3.05) is 36.5 Å². The molecule has 1 saturated heterocycles. The molecule has 3 aromatic heterocycles. The number of aromatic nitrogens is 5. The second-order valence-corrected chi connectivity index (χ2v) is 22.5. The van der Waals surface area contributed by atoms with Crippen LogP contribution in [0.25, 0.3) is 16.6 Å². The number of halogens is 1. The zero-order valence-corrected chi connectivity index (χ0v) is 33.9. The molecule has 0 aliphatic carbocycles. The van der Waals surface area contributed by atoms with E-state index in [1.54, 1.807) is 43.9 Å². The van der Waals surface area contributed by atoms with Crippen molar-refractivity contribution in [3.8, 4) is 0 Å². The predicted molar refractivity (Wildman–Crippen MR) is 208 cm³/mol. The number of fused-ring (bicyclic) bond motifs is 2. The summed E-state index contributed by atoms with van der Waals surface area (Å²) in [5.41, 5.74) is 1.47. The highest BCUT2D eigenvalue weighted by Crippen LogP contribution is 2.37. The summed E-state index contributed by atoms with van der Waals surface area (Å²) in [4.78, 5) is 45.5. The van der Waals surface area contributed by atoms with Gasteiger partial charge in [0.25, 0.3) is 5.91 Å². The Bertz CT molecular complexity index is 1960. The van der Waals surface area contributed by atoms with Crippen molar-refractivity contribution in [2.24, 2.45) is 0 Å². The maximum Gasteiger partial charge on any atom is 0.413 e. The zero-order valence-electron chi connectivity index (χ0n) is 32.1. The van der Waals surface area contributed by atoms with Gasteiger partial charge in [-0.25, -0.2) is 23.8 Å². The summed E-state index contributed by atoms with van der Waals surface area (Å²) in [6.07, 6.45) is 4.98. The lowest BCUT2D eigenvalue weighted by atomic mass is 10.1. The summed E-state index contributed by atoms with van der Waals surface area (Å²) in [5.74, 6) is -0.445. The van der Waals surface area contributed by atoms with Crippen molar-refractivity contribution in [1.29, 1.82) is 0 Å². The van der Waals surface area contributed by atoms with Crippen LogP contribution in [-0.2, 0) is 27.4 Å². The highest BCUT2D eigenvalue weighted by Gasteiger charge is 2.30. The smallest absolute Gasteiger partial charge is 0.413 e. The van der Waals surface area contributed by atoms with Crippen LogP contribution < -0.4 is 20.9 Å². The van der Waals surface area contributed by atoms with Crippen LogP contribution in [0, 0.1) is 0 Å². The lowest BCUT2D eigenvalue weighted by molar-refractivity contribution is 0.0507. The van der Waals surface area contributed by atoms with Crippen LogP contribution in [0.5, 0.6) is 0 Å². The number of hydrogen-bond acceptors (Lipinski definition) is 10. The van der Waals surface area contributed by atoms with E-state index in [-0.39, 0.29) is 36.3 Å². The fraction of sp³-hybridized carbons (Fsp3) is 0.556. The molecule has 0 unspecified atom stereocenters. The first-order valence-corrected chi connectivity index (χ1v) is 22.0. The number of benzene rings is 1. The fourth-order valence-electron chi connectivity index (χ4n) is 5.91. The number of carbonyl (C=O) groups is 3. The van der Waals surface area contributed by atoms with E-state index in [2.05, 4.69) is 50.6 Å². The number of anilines is 2. The first-order valence-electron chi connectivity index (χ1n) is 17.9. The van der Waals surface area contributed by atoms with Crippen molar-refractivity contribution in [3.05, 3.63) is 46.9 Å². The number of carbonyl (C=O) groups excluding carboxylic acids is 3. The van der Waals surface area contributed by atoms with Crippen molar-refractivity contribution >= 4 is 65.8 Å². The van der Waals surface area contributed by atoms with E-state index in [0.29, 0.717) is 43.1 Å². The van der Waals surface area contributed by atoms with Crippen molar-refractivity contribution in [2.45, 2.75) is 104 Å². The van der Waals surface area contributed by atoms with Crippen LogP contribution in [0.1, 0.15) is 63.9 Å². The molecular weight excluding hydrogens is 718 g/mol. The number of amides is 3. The molecule has 1 fully saturated rings. The number of hydrogen-bond donors (Lipinski definition) is 3. The van der Waals surface area contributed by atoms with Gasteiger partial charge in [-0.1, -0.05) is 31.2 Å². The van der Waals surface area contributed by atoms with Crippen molar-refractivity contribution in [3.63, 3.8) is 0 Å². The quantitative estimate of drug-likeness (QED) is 0.107. The van der Waals surface area contributed by atoms with Gasteiger partial charge < -0.3 is 29.7 Å². The molecule has 15 nitrogen and oxygen atoms in total. The van der Waals surface area contributed by atoms with Crippen LogP contribution in [0.4, 0.5) is 21.1 Å². The topological polar surface area (TPSA) is 166 Å². The van der Waals surface area contributed by atoms with Gasteiger partial charge in [0.05, 0.1) is 16.8 Å². The molecule has 53 heavy (non-hydrogen) atoms. The first kappa shape index (κ1) is 39.8. The van der Waals surface area contributed by atoms with E-state index in [0.717, 1.165) is 22.7 Å². The van der Waals surface area contributed by atoms with E-state index in [9.17, 15) is 14.4 Å². The Kier molecular flexibility index (Phi) is 11.9. The van der Waals surface area contributed by atoms with Gasteiger partial charge in [-0.05, 0) is 78.1 Å². The summed E-state index contributed by atoms with van der Waals surface area (Å²) in [6.45, 7) is 20.0. The minimum atomic E-state index is -1.26. The minimum Gasteiger partial charge on any atom is -0.444 e. The van der Waals surface area contributed by atoms with Crippen molar-refractivity contribution in [1.82, 2.24) is 35.0 Å². The van der Waals surface area contributed by atoms with E-state index in [4.69, 9.17) is 30.9 Å². The monoisotopic (exact) mass is 769 g/mol. The summed E-state index contributed by atoms with van der Waals surface area (Å²) in [5, 5.41) is 19.2. The van der Waals surface area contributed by atoms with Gasteiger partial charge in [0.15, 0.2) is 11.5 Å². The van der Waals surface area contributed by atoms with E-state index >= 15 is 0 Å². The Hall–Kier alpha value is -4.41. The first-order chi connectivity index (χ1) is 24.8. The molecule has 3 amide bonds. The number of rotatable bonds is 12. The normalized spacial score (nSPS) is 15.2. The maximum absolute atomic E-state index is 13.7. The van der Waals surface area contributed by atoms with Gasteiger partial charge in [-0.3, -0.25) is 10.1 Å². The van der Waals surface area contributed by atoms with Gasteiger partial charge in [-0.2, -0.15) is 5.10 Å². The SMILES string of the molecule is CC(C)(C)OC(=O)Nc1nn2cccnc2c1C(=O)NCCc1cc(Cl)c2cn(COCC[Si](C)(C)C)nc2c1N1CC[C@@H](NC(=O)OC(C)(C)C)C1. The summed E-state index contributed by atoms with van der Waals surface area (Å²) < 4.78 is 20.1. The van der Waals surface area contributed by atoms with Crippen LogP contribution >= 0.6 is 11.6 Å². The summed E-state index contributed by atoms with van der Waals surface area (Å²) in [6, 6.07) is 4.48. The number of ether oxygens (including phenoxy) is 3. The third-order valence-corrected chi connectivity index (χ3v) is 10.2. The van der Waals surface area contributed by atoms with Gasteiger partial charge >= 0.3 is 12.2 Å². The molecule has 3 N–H and O–H groups in total. The summed E-state index contributed by atoms with van der Waals surface area (Å²) in [7, 11) is -1.26. The maximum atomic E-state index is 13.7. The number of alkyl carbamates (subject to hydrolysis) is 1. The Morgan fingerprint density at radius 3 is 2.45 bits per heavy atom. The highest BCUT2D eigenvalue weighted by atomic mass is 35.5. The minimum absolute atomic E-state index is 0.0267. The third kappa shape index (κ3) is 10.8. The van der Waals surface area contributed by atoms with Crippen LogP contribution in [0.3, 0.4) is 0 Å². The van der Waals surface area contributed by atoms with Gasteiger partial charge in [0.1, 0.15) is 29.0 Å². The Morgan fingerprint density at radius 2 is 1.75 bits per heavy atom. The third-order valence-electron chi connectivity index (χ3n) is 8.22. The number of nitrogens with zero attached hydrogens (tertiary/aromatic N) is 6. The molecule has 288 valence electrons. The fourth-order valence-corrected chi connectivity index (χ4v) is 6.93. The average Bonchev–Trinajstić information content (AvgIpc) is 3.74. The molecule has 0 radical (unpaired) electrons. The molecule has 4 heterocycles. The second kappa shape index (κ2) is 15.9. The molecular formula is C36H52ClN9O6Si. The average molecular weight is 770 g/mol. The molecule has 0 bridgehead atoms. The lowest BCUT2D eigenvalue weighted by Crippen LogP contribution is -2.40.